The Morgan fingerprint density at radius 1 is 1.34 bits per heavy atom. The van der Waals surface area contributed by atoms with Crippen LogP contribution in [-0.2, 0) is 29.2 Å². The summed E-state index contributed by atoms with van der Waals surface area (Å²) in [5.74, 6) is 1.09. The number of allylic oxidation sites excluding steroid dienone is 1. The third-order valence-electron chi connectivity index (χ3n) is 5.30. The van der Waals surface area contributed by atoms with Crippen LogP contribution >= 0.6 is 12.2 Å². The summed E-state index contributed by atoms with van der Waals surface area (Å²) in [6.45, 7) is 5.75. The number of rotatable bonds is 8. The second-order valence-corrected chi connectivity index (χ2v) is 7.27. The van der Waals surface area contributed by atoms with E-state index in [4.69, 9.17) is 26.4 Å². The number of fused-ring (bicyclic) bond motifs is 1. The van der Waals surface area contributed by atoms with Gasteiger partial charge in [-0.3, -0.25) is 4.79 Å². The summed E-state index contributed by atoms with van der Waals surface area (Å²) in [4.78, 5) is 13.4. The molecule has 0 bridgehead atoms. The minimum atomic E-state index is -0.254. The Morgan fingerprint density at radius 3 is 2.72 bits per heavy atom. The number of hydrogen-bond donors (Lipinski definition) is 1. The van der Waals surface area contributed by atoms with E-state index in [0.717, 1.165) is 24.1 Å². The van der Waals surface area contributed by atoms with Crippen molar-refractivity contribution in [2.75, 3.05) is 27.9 Å². The maximum absolute atomic E-state index is 12.2. The van der Waals surface area contributed by atoms with Crippen molar-refractivity contribution in [1.29, 1.82) is 0 Å². The van der Waals surface area contributed by atoms with Crippen LogP contribution in [-0.4, -0.2) is 48.2 Å². The zero-order valence-electron chi connectivity index (χ0n) is 17.0. The molecular weight excluding hydrogens is 392 g/mol. The molecule has 0 fully saturated rings. The molecule has 9 heteroatoms. The highest BCUT2D eigenvalue weighted by atomic mass is 32.1. The molecule has 0 spiro atoms. The number of benzene rings is 1. The third-order valence-corrected chi connectivity index (χ3v) is 5.75. The molecule has 1 unspecified atom stereocenters. The molecule has 8 nitrogen and oxygen atoms in total. The molecule has 1 N–H and O–H groups in total. The van der Waals surface area contributed by atoms with Gasteiger partial charge in [-0.15, -0.1) is 6.58 Å². The number of esters is 1. The van der Waals surface area contributed by atoms with Crippen LogP contribution in [0.5, 0.6) is 11.5 Å². The number of methoxy groups -OCH3 is 3. The minimum Gasteiger partial charge on any atom is -0.493 e. The SMILES string of the molecule is C=CCn1cnn(C[NH+]2CCc3cc(OC)c(OC)cc3[C@@H]2CC(=O)OC)c1=S. The van der Waals surface area contributed by atoms with E-state index < -0.39 is 0 Å². The molecule has 1 aliphatic rings. The second-order valence-electron chi connectivity index (χ2n) is 6.91. The Kier molecular flexibility index (Phi) is 6.71. The van der Waals surface area contributed by atoms with E-state index in [1.807, 2.05) is 16.7 Å². The molecular formula is C20H27N4O4S+. The zero-order valence-corrected chi connectivity index (χ0v) is 17.8. The third kappa shape index (κ3) is 4.35. The molecule has 2 atom stereocenters. The van der Waals surface area contributed by atoms with Crippen LogP contribution in [0.3, 0.4) is 0 Å². The van der Waals surface area contributed by atoms with E-state index in [-0.39, 0.29) is 18.4 Å². The van der Waals surface area contributed by atoms with Crippen molar-refractivity contribution < 1.29 is 23.9 Å². The van der Waals surface area contributed by atoms with Crippen LogP contribution < -0.4 is 14.4 Å². The molecule has 0 amide bonds. The van der Waals surface area contributed by atoms with Crippen molar-refractivity contribution >= 4 is 18.2 Å². The number of hydrogen-bond acceptors (Lipinski definition) is 6. The minimum absolute atomic E-state index is 0.0996. The lowest BCUT2D eigenvalue weighted by molar-refractivity contribution is -0.955. The Bertz CT molecular complexity index is 952. The maximum Gasteiger partial charge on any atom is 0.311 e. The van der Waals surface area contributed by atoms with Crippen molar-refractivity contribution in [2.24, 2.45) is 0 Å². The Labute approximate surface area is 175 Å². The fourth-order valence-corrected chi connectivity index (χ4v) is 4.03. The van der Waals surface area contributed by atoms with Gasteiger partial charge in [0.2, 0.25) is 4.77 Å². The first kappa shape index (κ1) is 21.1. The molecule has 3 rings (SSSR count). The summed E-state index contributed by atoms with van der Waals surface area (Å²) in [6.07, 6.45) is 4.61. The van der Waals surface area contributed by atoms with Crippen LogP contribution in [0.25, 0.3) is 0 Å². The molecule has 29 heavy (non-hydrogen) atoms. The largest absolute Gasteiger partial charge is 0.493 e. The van der Waals surface area contributed by atoms with Gasteiger partial charge in [0, 0.05) is 18.5 Å². The molecule has 156 valence electrons. The molecule has 1 aromatic heterocycles. The van der Waals surface area contributed by atoms with Crippen molar-refractivity contribution in [3.8, 4) is 11.5 Å². The Balaban J connectivity index is 1.96. The van der Waals surface area contributed by atoms with Gasteiger partial charge in [0.25, 0.3) is 0 Å². The van der Waals surface area contributed by atoms with Crippen molar-refractivity contribution in [2.45, 2.75) is 32.1 Å². The summed E-state index contributed by atoms with van der Waals surface area (Å²) in [5, 5.41) is 4.43. The number of carbonyl (C=O) groups excluding carboxylic acids is 1. The zero-order chi connectivity index (χ0) is 21.0. The number of aromatic nitrogens is 3. The average Bonchev–Trinajstić information content (AvgIpc) is 3.08. The lowest BCUT2D eigenvalue weighted by atomic mass is 9.90. The van der Waals surface area contributed by atoms with Gasteiger partial charge < -0.3 is 23.7 Å². The van der Waals surface area contributed by atoms with Gasteiger partial charge in [-0.1, -0.05) is 6.08 Å². The van der Waals surface area contributed by atoms with Gasteiger partial charge in [0.1, 0.15) is 18.8 Å². The van der Waals surface area contributed by atoms with Crippen molar-refractivity contribution in [1.82, 2.24) is 14.3 Å². The average molecular weight is 420 g/mol. The lowest BCUT2D eigenvalue weighted by Gasteiger charge is -2.34. The maximum atomic E-state index is 12.2. The van der Waals surface area contributed by atoms with E-state index in [1.54, 1.807) is 31.3 Å². The first-order chi connectivity index (χ1) is 14.0. The Morgan fingerprint density at radius 2 is 2.07 bits per heavy atom. The summed E-state index contributed by atoms with van der Waals surface area (Å²) in [6, 6.07) is 3.87. The van der Waals surface area contributed by atoms with Gasteiger partial charge in [0.15, 0.2) is 18.2 Å². The molecule has 2 heterocycles. The smallest absolute Gasteiger partial charge is 0.311 e. The van der Waals surface area contributed by atoms with Crippen LogP contribution in [0.15, 0.2) is 31.1 Å². The number of nitrogens with zero attached hydrogens (tertiary/aromatic N) is 3. The lowest BCUT2D eigenvalue weighted by Crippen LogP contribution is -3.12. The Hall–Kier alpha value is -2.65. The normalized spacial score (nSPS) is 18.0. The van der Waals surface area contributed by atoms with Crippen molar-refractivity contribution in [3.63, 3.8) is 0 Å². The quantitative estimate of drug-likeness (QED) is 0.395. The molecule has 0 saturated heterocycles. The summed E-state index contributed by atoms with van der Waals surface area (Å²) in [7, 11) is 4.64. The first-order valence-corrected chi connectivity index (χ1v) is 9.82. The highest BCUT2D eigenvalue weighted by Gasteiger charge is 2.35. The van der Waals surface area contributed by atoms with Crippen LogP contribution in [0.2, 0.25) is 0 Å². The van der Waals surface area contributed by atoms with Crippen LogP contribution in [0, 0.1) is 4.77 Å². The monoisotopic (exact) mass is 419 g/mol. The van der Waals surface area contributed by atoms with E-state index >= 15 is 0 Å². The van der Waals surface area contributed by atoms with Crippen LogP contribution in [0.4, 0.5) is 0 Å². The summed E-state index contributed by atoms with van der Waals surface area (Å²) >= 11 is 5.53. The van der Waals surface area contributed by atoms with Gasteiger partial charge in [0.05, 0.1) is 27.9 Å². The second kappa shape index (κ2) is 9.23. The molecule has 1 aliphatic heterocycles. The van der Waals surface area contributed by atoms with E-state index in [0.29, 0.717) is 29.5 Å². The topological polar surface area (TPSA) is 72.0 Å². The number of carbonyl (C=O) groups is 1. The molecule has 1 aromatic carbocycles. The fourth-order valence-electron chi connectivity index (χ4n) is 3.80. The fraction of sp³-hybridized carbons (Fsp3) is 0.450. The predicted octanol–water partition coefficient (Wildman–Crippen LogP) is 1.32. The van der Waals surface area contributed by atoms with E-state index in [2.05, 4.69) is 11.7 Å². The first-order valence-electron chi connectivity index (χ1n) is 9.41. The standard InChI is InChI=1S/C20H26N4O4S/c1-5-7-22-12-21-24(20(22)29)13-23-8-6-14-9-17(26-2)18(27-3)10-15(14)16(23)11-19(25)28-4/h5,9-10,12,16H,1,6-8,11,13H2,2-4H3/p+1/t16-/m0/s1. The number of ether oxygens (including phenoxy) is 3. The van der Waals surface area contributed by atoms with Crippen molar-refractivity contribution in [3.05, 3.63) is 47.0 Å². The van der Waals surface area contributed by atoms with Gasteiger partial charge in [-0.2, -0.15) is 9.78 Å². The van der Waals surface area contributed by atoms with E-state index in [9.17, 15) is 4.79 Å². The van der Waals surface area contributed by atoms with Gasteiger partial charge in [-0.05, 0) is 29.9 Å². The number of quaternary nitrogens is 1. The molecule has 0 saturated carbocycles. The van der Waals surface area contributed by atoms with Gasteiger partial charge >= 0.3 is 5.97 Å². The number of nitrogens with one attached hydrogen (secondary N) is 1. The molecule has 0 radical (unpaired) electrons. The molecule has 2 aromatic rings. The molecule has 0 aliphatic carbocycles. The van der Waals surface area contributed by atoms with E-state index in [1.165, 1.54) is 12.0 Å². The summed E-state index contributed by atoms with van der Waals surface area (Å²) < 4.78 is 20.2. The summed E-state index contributed by atoms with van der Waals surface area (Å²) in [5.41, 5.74) is 2.22. The van der Waals surface area contributed by atoms with Gasteiger partial charge in [-0.25, -0.2) is 0 Å². The highest BCUT2D eigenvalue weighted by Crippen LogP contribution is 2.35. The predicted molar refractivity (Wildman–Crippen MR) is 110 cm³/mol. The van der Waals surface area contributed by atoms with Crippen LogP contribution in [0.1, 0.15) is 23.6 Å². The highest BCUT2D eigenvalue weighted by molar-refractivity contribution is 7.71.